The number of aliphatic carboxylic acids is 1. The Hall–Kier alpha value is -2.26. The molecule has 0 fully saturated rings. The molecule has 4 heteroatoms. The molecule has 0 unspecified atom stereocenters. The Morgan fingerprint density at radius 1 is 1.11 bits per heavy atom. The third-order valence-corrected chi connectivity index (χ3v) is 2.84. The van der Waals surface area contributed by atoms with Gasteiger partial charge in [0.05, 0.1) is 5.57 Å². The van der Waals surface area contributed by atoms with Crippen molar-refractivity contribution in [1.29, 1.82) is 0 Å². The summed E-state index contributed by atoms with van der Waals surface area (Å²) in [6.45, 7) is 0. The van der Waals surface area contributed by atoms with Crippen molar-refractivity contribution in [2.45, 2.75) is 0 Å². The average molecular weight is 275 g/mol. The van der Waals surface area contributed by atoms with Gasteiger partial charge in [0, 0.05) is 10.6 Å². The molecule has 0 aliphatic rings. The minimum atomic E-state index is -1.06. The highest BCUT2D eigenvalue weighted by Crippen LogP contribution is 2.26. The first-order valence-electron chi connectivity index (χ1n) is 5.57. The molecule has 3 nitrogen and oxygen atoms in total. The molecule has 19 heavy (non-hydrogen) atoms. The van der Waals surface area contributed by atoms with Gasteiger partial charge in [-0.05, 0) is 29.8 Å². The van der Waals surface area contributed by atoms with Crippen LogP contribution in [0.15, 0.2) is 48.5 Å². The molecule has 2 aromatic carbocycles. The van der Waals surface area contributed by atoms with Crippen molar-refractivity contribution in [1.82, 2.24) is 0 Å². The molecule has 0 aromatic heterocycles. The van der Waals surface area contributed by atoms with Crippen molar-refractivity contribution in [3.05, 3.63) is 64.7 Å². The van der Waals surface area contributed by atoms with E-state index in [0.29, 0.717) is 16.1 Å². The fourth-order valence-corrected chi connectivity index (χ4v) is 1.86. The molecule has 2 N–H and O–H groups in total. The second-order valence-corrected chi connectivity index (χ2v) is 4.37. The molecule has 0 amide bonds. The summed E-state index contributed by atoms with van der Waals surface area (Å²) in [4.78, 5) is 11.3. The summed E-state index contributed by atoms with van der Waals surface area (Å²) in [5.41, 5.74) is 1.03. The largest absolute Gasteiger partial charge is 0.507 e. The van der Waals surface area contributed by atoms with E-state index in [1.807, 2.05) is 0 Å². The summed E-state index contributed by atoms with van der Waals surface area (Å²) in [6, 6.07) is 13.2. The van der Waals surface area contributed by atoms with Gasteiger partial charge in [-0.3, -0.25) is 0 Å². The zero-order chi connectivity index (χ0) is 13.8. The zero-order valence-corrected chi connectivity index (χ0v) is 10.6. The van der Waals surface area contributed by atoms with Gasteiger partial charge in [0.2, 0.25) is 0 Å². The highest BCUT2D eigenvalue weighted by Gasteiger charge is 2.11. The van der Waals surface area contributed by atoms with Gasteiger partial charge in [-0.1, -0.05) is 41.9 Å². The number of carbonyl (C=O) groups is 1. The SMILES string of the molecule is O=C(O)/C(=C\c1cc(Cl)ccc1O)c1ccccc1. The summed E-state index contributed by atoms with van der Waals surface area (Å²) < 4.78 is 0. The van der Waals surface area contributed by atoms with Gasteiger partial charge in [-0.15, -0.1) is 0 Å². The molecule has 96 valence electrons. The standard InChI is InChI=1S/C15H11ClO3/c16-12-6-7-14(17)11(8-12)9-13(15(18)19)10-4-2-1-3-5-10/h1-9,17H,(H,18,19)/b13-9-. The second kappa shape index (κ2) is 5.59. The summed E-state index contributed by atoms with van der Waals surface area (Å²) in [5.74, 6) is -1.08. The maximum atomic E-state index is 11.3. The number of benzene rings is 2. The smallest absolute Gasteiger partial charge is 0.336 e. The number of phenols is 1. The zero-order valence-electron chi connectivity index (χ0n) is 9.88. The Bertz CT molecular complexity index is 633. The van der Waals surface area contributed by atoms with Gasteiger partial charge in [0.25, 0.3) is 0 Å². The number of aromatic hydroxyl groups is 1. The van der Waals surface area contributed by atoms with E-state index < -0.39 is 5.97 Å². The molecule has 2 aromatic rings. The Balaban J connectivity index is 2.54. The molecular formula is C15H11ClO3. The number of hydrogen-bond acceptors (Lipinski definition) is 2. The summed E-state index contributed by atoms with van der Waals surface area (Å²) in [7, 11) is 0. The van der Waals surface area contributed by atoms with Gasteiger partial charge in [0.15, 0.2) is 0 Å². The number of hydrogen-bond donors (Lipinski definition) is 2. The first-order chi connectivity index (χ1) is 9.08. The molecule has 0 heterocycles. The lowest BCUT2D eigenvalue weighted by atomic mass is 10.0. The van der Waals surface area contributed by atoms with Crippen molar-refractivity contribution < 1.29 is 15.0 Å². The third kappa shape index (κ3) is 3.14. The Morgan fingerprint density at radius 3 is 2.42 bits per heavy atom. The van der Waals surface area contributed by atoms with E-state index in [9.17, 15) is 15.0 Å². The van der Waals surface area contributed by atoms with Crippen LogP contribution in [0.3, 0.4) is 0 Å². The average Bonchev–Trinajstić information content (AvgIpc) is 2.40. The maximum Gasteiger partial charge on any atom is 0.336 e. The molecular weight excluding hydrogens is 264 g/mol. The van der Waals surface area contributed by atoms with Crippen molar-refractivity contribution in [3.8, 4) is 5.75 Å². The van der Waals surface area contributed by atoms with E-state index in [1.54, 1.807) is 30.3 Å². The summed E-state index contributed by atoms with van der Waals surface area (Å²) in [6.07, 6.45) is 1.40. The minimum absolute atomic E-state index is 0.0147. The first kappa shape index (κ1) is 13.2. The molecule has 0 atom stereocenters. The quantitative estimate of drug-likeness (QED) is 0.663. The van der Waals surface area contributed by atoms with Crippen LogP contribution in [-0.2, 0) is 4.79 Å². The van der Waals surface area contributed by atoms with Crippen LogP contribution < -0.4 is 0 Å². The molecule has 2 rings (SSSR count). The fraction of sp³-hybridized carbons (Fsp3) is 0. The van der Waals surface area contributed by atoms with E-state index in [2.05, 4.69) is 0 Å². The van der Waals surface area contributed by atoms with E-state index in [4.69, 9.17) is 11.6 Å². The highest BCUT2D eigenvalue weighted by molar-refractivity contribution is 6.31. The molecule has 0 radical (unpaired) electrons. The van der Waals surface area contributed by atoms with Crippen molar-refractivity contribution in [2.75, 3.05) is 0 Å². The maximum absolute atomic E-state index is 11.3. The third-order valence-electron chi connectivity index (χ3n) is 2.60. The van der Waals surface area contributed by atoms with Crippen LogP contribution in [0.4, 0.5) is 0 Å². The van der Waals surface area contributed by atoms with E-state index in [1.165, 1.54) is 24.3 Å². The molecule has 0 bridgehead atoms. The number of phenolic OH excluding ortho intramolecular Hbond substituents is 1. The lowest BCUT2D eigenvalue weighted by Gasteiger charge is -2.05. The van der Waals surface area contributed by atoms with Crippen molar-refractivity contribution in [3.63, 3.8) is 0 Å². The normalized spacial score (nSPS) is 11.3. The number of halogens is 1. The second-order valence-electron chi connectivity index (χ2n) is 3.93. The van der Waals surface area contributed by atoms with Crippen molar-refractivity contribution >= 4 is 29.2 Å². The molecule has 0 saturated heterocycles. The summed E-state index contributed by atoms with van der Waals surface area (Å²) >= 11 is 5.84. The Kier molecular flexibility index (Phi) is 3.88. The number of rotatable bonds is 3. The van der Waals surface area contributed by atoms with Gasteiger partial charge < -0.3 is 10.2 Å². The molecule has 0 spiro atoms. The van der Waals surface area contributed by atoms with E-state index >= 15 is 0 Å². The predicted molar refractivity (Wildman–Crippen MR) is 75.1 cm³/mol. The lowest BCUT2D eigenvalue weighted by Crippen LogP contribution is -1.99. The van der Waals surface area contributed by atoms with Gasteiger partial charge >= 0.3 is 5.97 Å². The highest BCUT2D eigenvalue weighted by atomic mass is 35.5. The predicted octanol–water partition coefficient (Wildman–Crippen LogP) is 3.67. The van der Waals surface area contributed by atoms with Crippen molar-refractivity contribution in [2.24, 2.45) is 0 Å². The molecule has 0 aliphatic heterocycles. The van der Waals surface area contributed by atoms with Gasteiger partial charge in [-0.25, -0.2) is 4.79 Å². The monoisotopic (exact) mass is 274 g/mol. The van der Waals surface area contributed by atoms with Gasteiger partial charge in [-0.2, -0.15) is 0 Å². The van der Waals surface area contributed by atoms with Crippen LogP contribution in [0.2, 0.25) is 5.02 Å². The fourth-order valence-electron chi connectivity index (χ4n) is 1.68. The van der Waals surface area contributed by atoms with Crippen LogP contribution in [-0.4, -0.2) is 16.2 Å². The van der Waals surface area contributed by atoms with E-state index in [0.717, 1.165) is 0 Å². The van der Waals surface area contributed by atoms with Crippen LogP contribution in [0.25, 0.3) is 11.6 Å². The Labute approximate surface area is 115 Å². The van der Waals surface area contributed by atoms with Crippen LogP contribution in [0.1, 0.15) is 11.1 Å². The topological polar surface area (TPSA) is 57.5 Å². The van der Waals surface area contributed by atoms with Crippen LogP contribution >= 0.6 is 11.6 Å². The van der Waals surface area contributed by atoms with Gasteiger partial charge in [0.1, 0.15) is 5.75 Å². The Morgan fingerprint density at radius 2 is 1.79 bits per heavy atom. The van der Waals surface area contributed by atoms with Crippen LogP contribution in [0.5, 0.6) is 5.75 Å². The number of carboxylic acid groups (broad SMARTS) is 1. The van der Waals surface area contributed by atoms with Crippen LogP contribution in [0, 0.1) is 0 Å². The lowest BCUT2D eigenvalue weighted by molar-refractivity contribution is -0.130. The molecule has 0 aliphatic carbocycles. The van der Waals surface area contributed by atoms with E-state index in [-0.39, 0.29) is 11.3 Å². The summed E-state index contributed by atoms with van der Waals surface area (Å²) in [5, 5.41) is 19.4. The molecule has 0 saturated carbocycles. The first-order valence-corrected chi connectivity index (χ1v) is 5.94. The number of carboxylic acids is 1. The minimum Gasteiger partial charge on any atom is -0.507 e.